The summed E-state index contributed by atoms with van der Waals surface area (Å²) in [5, 5.41) is 0. The summed E-state index contributed by atoms with van der Waals surface area (Å²) in [5.41, 5.74) is 0.0324. The number of hydrogen-bond acceptors (Lipinski definition) is 1. The van der Waals surface area contributed by atoms with Crippen LogP contribution in [0.3, 0.4) is 0 Å². The second-order valence-electron chi connectivity index (χ2n) is 2.15. The van der Waals surface area contributed by atoms with Crippen LogP contribution in [0.2, 0.25) is 0 Å². The van der Waals surface area contributed by atoms with E-state index in [0.717, 1.165) is 19.3 Å². The Labute approximate surface area is 76.0 Å². The van der Waals surface area contributed by atoms with E-state index in [-0.39, 0.29) is 25.1 Å². The van der Waals surface area contributed by atoms with Crippen LogP contribution in [-0.4, -0.2) is 10.6 Å². The second kappa shape index (κ2) is 7.79. The smallest absolute Gasteiger partial charge is 0.161 e. The van der Waals surface area contributed by atoms with Crippen molar-refractivity contribution in [1.29, 1.82) is 0 Å². The van der Waals surface area contributed by atoms with Gasteiger partial charge in [-0.3, -0.25) is 0 Å². The third kappa shape index (κ3) is 5.47. The van der Waals surface area contributed by atoms with E-state index in [2.05, 4.69) is 0 Å². The minimum absolute atomic E-state index is 0. The largest absolute Gasteiger partial charge is 0.508 e. The molecule has 0 saturated carbocycles. The fourth-order valence-corrected chi connectivity index (χ4v) is 1.60. The van der Waals surface area contributed by atoms with Gasteiger partial charge in [0.15, 0.2) is 5.66 Å². The van der Waals surface area contributed by atoms with Crippen LogP contribution in [-0.2, 0) is 24.0 Å². The zero-order valence-electron chi connectivity index (χ0n) is 6.71. The van der Waals surface area contributed by atoms with Crippen molar-refractivity contribution in [3.05, 3.63) is 0 Å². The van der Waals surface area contributed by atoms with Gasteiger partial charge in [0.1, 0.15) is 0 Å². The first kappa shape index (κ1) is 13.3. The molecule has 0 amide bonds. The molecule has 0 aliphatic heterocycles. The molecule has 0 aliphatic carbocycles. The molecule has 0 saturated heterocycles. The average Bonchev–Trinajstić information content (AvgIpc) is 1.82. The summed E-state index contributed by atoms with van der Waals surface area (Å²) in [4.78, 5) is 8.65. The maximum Gasteiger partial charge on any atom is 0.508 e. The standard InChI is InChI=1S/C6H13O2P.Zn/c1-3-5-6(4-2)9(7)8;/h6H,3-5H2,1-2H3;/p+1. The molecule has 0 aromatic heterocycles. The summed E-state index contributed by atoms with van der Waals surface area (Å²) in [6, 6.07) is 0. The number of rotatable bonds is 4. The van der Waals surface area contributed by atoms with Gasteiger partial charge < -0.3 is 0 Å². The van der Waals surface area contributed by atoms with Gasteiger partial charge in [-0.15, -0.1) is 0 Å². The topological polar surface area (TPSA) is 37.3 Å². The quantitative estimate of drug-likeness (QED) is 0.576. The van der Waals surface area contributed by atoms with Crippen LogP contribution < -0.4 is 0 Å². The molecular weight excluding hydrogens is 200 g/mol. The minimum atomic E-state index is -1.92. The van der Waals surface area contributed by atoms with Crippen molar-refractivity contribution in [2.45, 2.75) is 38.8 Å². The van der Waals surface area contributed by atoms with Crippen molar-refractivity contribution in [2.75, 3.05) is 0 Å². The van der Waals surface area contributed by atoms with Crippen LogP contribution in [0.4, 0.5) is 0 Å². The van der Waals surface area contributed by atoms with Crippen molar-refractivity contribution in [1.82, 2.24) is 0 Å². The zero-order valence-corrected chi connectivity index (χ0v) is 10.6. The predicted molar refractivity (Wildman–Crippen MR) is 38.8 cm³/mol. The van der Waals surface area contributed by atoms with Crippen LogP contribution in [0.25, 0.3) is 0 Å². The maximum atomic E-state index is 10.5. The van der Waals surface area contributed by atoms with E-state index in [1.165, 1.54) is 0 Å². The van der Waals surface area contributed by atoms with E-state index in [9.17, 15) is 4.57 Å². The van der Waals surface area contributed by atoms with E-state index in [0.29, 0.717) is 0 Å². The van der Waals surface area contributed by atoms with Crippen LogP contribution in [0, 0.1) is 0 Å². The molecule has 2 nitrogen and oxygen atoms in total. The van der Waals surface area contributed by atoms with Crippen molar-refractivity contribution >= 4 is 8.03 Å². The molecule has 2 unspecified atom stereocenters. The summed E-state index contributed by atoms with van der Waals surface area (Å²) < 4.78 is 10.5. The van der Waals surface area contributed by atoms with E-state index < -0.39 is 8.03 Å². The summed E-state index contributed by atoms with van der Waals surface area (Å²) in [5.74, 6) is 0. The third-order valence-electron chi connectivity index (χ3n) is 1.41. The molecule has 0 radical (unpaired) electrons. The Morgan fingerprint density at radius 3 is 2.10 bits per heavy atom. The van der Waals surface area contributed by atoms with E-state index in [4.69, 9.17) is 4.89 Å². The molecular formula is C6H14O2PZn+. The summed E-state index contributed by atoms with van der Waals surface area (Å²) in [6.45, 7) is 3.98. The molecule has 10 heavy (non-hydrogen) atoms. The van der Waals surface area contributed by atoms with Gasteiger partial charge >= 0.3 is 8.03 Å². The van der Waals surface area contributed by atoms with Crippen molar-refractivity contribution in [3.63, 3.8) is 0 Å². The Bertz CT molecular complexity index is 97.7. The van der Waals surface area contributed by atoms with Crippen LogP contribution in [0.1, 0.15) is 33.1 Å². The molecule has 0 aromatic rings. The Kier molecular flexibility index (Phi) is 10.3. The first-order chi connectivity index (χ1) is 4.22. The fraction of sp³-hybridized carbons (Fsp3) is 1.00. The maximum absolute atomic E-state index is 10.5. The van der Waals surface area contributed by atoms with Gasteiger partial charge in [0.2, 0.25) is 0 Å². The van der Waals surface area contributed by atoms with E-state index in [1.807, 2.05) is 13.8 Å². The fourth-order valence-electron chi connectivity index (χ4n) is 0.804. The molecule has 0 aliphatic rings. The molecule has 4 heteroatoms. The molecule has 0 fully saturated rings. The van der Waals surface area contributed by atoms with Crippen molar-refractivity contribution in [3.8, 4) is 0 Å². The molecule has 0 bridgehead atoms. The van der Waals surface area contributed by atoms with Crippen molar-refractivity contribution in [2.24, 2.45) is 0 Å². The molecule has 56 valence electrons. The van der Waals surface area contributed by atoms with Crippen LogP contribution >= 0.6 is 8.03 Å². The molecule has 0 heterocycles. The molecule has 0 aromatic carbocycles. The van der Waals surface area contributed by atoms with Gasteiger partial charge in [-0.2, -0.15) is 4.89 Å². The number of hydrogen-bond donors (Lipinski definition) is 1. The molecule has 1 N–H and O–H groups in total. The second-order valence-corrected chi connectivity index (χ2v) is 3.49. The van der Waals surface area contributed by atoms with Gasteiger partial charge in [-0.1, -0.05) is 20.3 Å². The normalized spacial score (nSPS) is 13.7. The van der Waals surface area contributed by atoms with Gasteiger partial charge in [0, 0.05) is 19.5 Å². The summed E-state index contributed by atoms with van der Waals surface area (Å²) >= 11 is 0. The first-order valence-corrected chi connectivity index (χ1v) is 4.65. The van der Waals surface area contributed by atoms with Gasteiger partial charge in [0.25, 0.3) is 0 Å². The Morgan fingerprint density at radius 1 is 1.50 bits per heavy atom. The predicted octanol–water partition coefficient (Wildman–Crippen LogP) is 2.30. The summed E-state index contributed by atoms with van der Waals surface area (Å²) in [6.07, 6.45) is 2.70. The van der Waals surface area contributed by atoms with Crippen molar-refractivity contribution < 1.29 is 28.9 Å². The van der Waals surface area contributed by atoms with Crippen LogP contribution in [0.15, 0.2) is 0 Å². The first-order valence-electron chi connectivity index (χ1n) is 3.37. The van der Waals surface area contributed by atoms with E-state index >= 15 is 0 Å². The zero-order chi connectivity index (χ0) is 7.28. The van der Waals surface area contributed by atoms with Gasteiger partial charge in [0.05, 0.1) is 0 Å². The Morgan fingerprint density at radius 2 is 2.00 bits per heavy atom. The SMILES string of the molecule is CCCC(CC)[P+](=O)O.[Zn]. The molecule has 2 atom stereocenters. The monoisotopic (exact) mass is 213 g/mol. The van der Waals surface area contributed by atoms with Gasteiger partial charge in [-0.25, -0.2) is 0 Å². The average molecular weight is 215 g/mol. The Hall–Kier alpha value is 0.683. The third-order valence-corrected chi connectivity index (χ3v) is 2.65. The van der Waals surface area contributed by atoms with E-state index in [1.54, 1.807) is 0 Å². The molecule has 0 spiro atoms. The summed E-state index contributed by atoms with van der Waals surface area (Å²) in [7, 11) is -1.92. The minimum Gasteiger partial charge on any atom is -0.161 e. The Balaban J connectivity index is 0. The van der Waals surface area contributed by atoms with Gasteiger partial charge in [-0.05, 0) is 17.4 Å². The van der Waals surface area contributed by atoms with Crippen LogP contribution in [0.5, 0.6) is 0 Å². The molecule has 0 rings (SSSR count).